The summed E-state index contributed by atoms with van der Waals surface area (Å²) in [5.74, 6) is -1.82. The maximum Gasteiger partial charge on any atom is 0.308 e. The van der Waals surface area contributed by atoms with Gasteiger partial charge in [0.2, 0.25) is 0 Å². The highest BCUT2D eigenvalue weighted by Gasteiger charge is 2.21. The smallest absolute Gasteiger partial charge is 0.308 e. The van der Waals surface area contributed by atoms with E-state index in [1.165, 1.54) is 0 Å². The fourth-order valence-electron chi connectivity index (χ4n) is 1.82. The lowest BCUT2D eigenvalue weighted by atomic mass is 10.0. The minimum absolute atomic E-state index is 0.267. The number of carbonyl (C=O) groups is 2. The third-order valence-electron chi connectivity index (χ3n) is 3.32. The molecule has 3 N–H and O–H groups in total. The predicted octanol–water partition coefficient (Wildman–Crippen LogP) is 2.01. The second-order valence-electron chi connectivity index (χ2n) is 4.67. The zero-order valence-electron chi connectivity index (χ0n) is 10.8. The molecule has 19 heavy (non-hydrogen) atoms. The van der Waals surface area contributed by atoms with Crippen LogP contribution < -0.4 is 5.32 Å². The number of aliphatic carboxylic acids is 1. The Morgan fingerprint density at radius 1 is 1.26 bits per heavy atom. The largest absolute Gasteiger partial charge is 0.481 e. The van der Waals surface area contributed by atoms with Gasteiger partial charge < -0.3 is 15.4 Å². The summed E-state index contributed by atoms with van der Waals surface area (Å²) in [6.45, 7) is 3.26. The van der Waals surface area contributed by atoms with Crippen LogP contribution in [0, 0.1) is 5.92 Å². The molecule has 5 nitrogen and oxygen atoms in total. The third-order valence-corrected chi connectivity index (χ3v) is 3.32. The monoisotopic (exact) mass is 260 g/mol. The van der Waals surface area contributed by atoms with Crippen LogP contribution in [0.5, 0.6) is 0 Å². The Balaban J connectivity index is 2.13. The number of aromatic amines is 1. The second kappa shape index (κ2) is 5.14. The number of aromatic nitrogens is 1. The number of fused-ring (bicyclic) bond motifs is 1. The summed E-state index contributed by atoms with van der Waals surface area (Å²) >= 11 is 0. The van der Waals surface area contributed by atoms with Gasteiger partial charge in [-0.2, -0.15) is 0 Å². The lowest BCUT2D eigenvalue weighted by molar-refractivity contribution is -0.141. The highest BCUT2D eigenvalue weighted by Crippen LogP contribution is 2.14. The van der Waals surface area contributed by atoms with Gasteiger partial charge in [0.1, 0.15) is 0 Å². The van der Waals surface area contributed by atoms with Crippen molar-refractivity contribution in [2.45, 2.75) is 19.9 Å². The molecule has 2 aromatic rings. The molecule has 0 saturated carbocycles. The average molecular weight is 260 g/mol. The van der Waals surface area contributed by atoms with E-state index < -0.39 is 17.9 Å². The van der Waals surface area contributed by atoms with Gasteiger partial charge in [-0.15, -0.1) is 0 Å². The number of H-pyrrole nitrogens is 1. The Labute approximate surface area is 110 Å². The molecule has 0 aliphatic rings. The molecule has 0 saturated heterocycles. The van der Waals surface area contributed by atoms with Gasteiger partial charge in [0.05, 0.1) is 5.92 Å². The van der Waals surface area contributed by atoms with Crippen LogP contribution in [0.3, 0.4) is 0 Å². The molecule has 0 spiro atoms. The predicted molar refractivity (Wildman–Crippen MR) is 72.0 cm³/mol. The van der Waals surface area contributed by atoms with Crippen molar-refractivity contribution in [1.29, 1.82) is 0 Å². The average Bonchev–Trinajstić information content (AvgIpc) is 2.84. The number of rotatable bonds is 4. The molecule has 2 rings (SSSR count). The molecule has 5 heteroatoms. The van der Waals surface area contributed by atoms with E-state index in [2.05, 4.69) is 10.3 Å². The third kappa shape index (κ3) is 2.76. The first-order valence-electron chi connectivity index (χ1n) is 6.10. The van der Waals surface area contributed by atoms with E-state index in [1.54, 1.807) is 26.0 Å². The fraction of sp³-hybridized carbons (Fsp3) is 0.286. The molecule has 1 aromatic heterocycles. The van der Waals surface area contributed by atoms with Crippen LogP contribution in [0.4, 0.5) is 0 Å². The minimum Gasteiger partial charge on any atom is -0.481 e. The maximum absolute atomic E-state index is 12.0. The molecule has 0 aliphatic heterocycles. The van der Waals surface area contributed by atoms with Crippen LogP contribution in [0.1, 0.15) is 24.2 Å². The Kier molecular flexibility index (Phi) is 3.55. The van der Waals surface area contributed by atoms with Crippen molar-refractivity contribution in [3.63, 3.8) is 0 Å². The zero-order valence-corrected chi connectivity index (χ0v) is 10.8. The van der Waals surface area contributed by atoms with E-state index in [9.17, 15) is 9.59 Å². The first kappa shape index (κ1) is 13.1. The highest BCUT2D eigenvalue weighted by atomic mass is 16.4. The molecule has 1 heterocycles. The van der Waals surface area contributed by atoms with E-state index in [0.717, 1.165) is 10.9 Å². The SMILES string of the molecule is CC(NC(=O)c1ccc2cc[nH]c2c1)C(C)C(=O)O. The highest BCUT2D eigenvalue weighted by molar-refractivity contribution is 5.98. The Bertz CT molecular complexity index is 618. The summed E-state index contributed by atoms with van der Waals surface area (Å²) in [7, 11) is 0. The molecular weight excluding hydrogens is 244 g/mol. The van der Waals surface area contributed by atoms with Gasteiger partial charge in [0.25, 0.3) is 5.91 Å². The van der Waals surface area contributed by atoms with E-state index in [0.29, 0.717) is 5.56 Å². The lowest BCUT2D eigenvalue weighted by Gasteiger charge is -2.17. The van der Waals surface area contributed by atoms with Crippen molar-refractivity contribution < 1.29 is 14.7 Å². The van der Waals surface area contributed by atoms with Crippen molar-refractivity contribution in [3.8, 4) is 0 Å². The molecule has 1 amide bonds. The van der Waals surface area contributed by atoms with E-state index in [-0.39, 0.29) is 5.91 Å². The molecule has 2 atom stereocenters. The summed E-state index contributed by atoms with van der Waals surface area (Å²) in [5, 5.41) is 12.6. The first-order chi connectivity index (χ1) is 8.99. The molecule has 0 bridgehead atoms. The van der Waals surface area contributed by atoms with Crippen molar-refractivity contribution in [2.75, 3.05) is 0 Å². The van der Waals surface area contributed by atoms with Crippen molar-refractivity contribution in [3.05, 3.63) is 36.0 Å². The summed E-state index contributed by atoms with van der Waals surface area (Å²) in [6, 6.07) is 6.83. The van der Waals surface area contributed by atoms with Crippen molar-refractivity contribution >= 4 is 22.8 Å². The van der Waals surface area contributed by atoms with E-state index in [4.69, 9.17) is 5.11 Å². The topological polar surface area (TPSA) is 82.2 Å². The Morgan fingerprint density at radius 2 is 2.00 bits per heavy atom. The van der Waals surface area contributed by atoms with Crippen LogP contribution in [0.25, 0.3) is 10.9 Å². The fourth-order valence-corrected chi connectivity index (χ4v) is 1.82. The molecule has 0 radical (unpaired) electrons. The van der Waals surface area contributed by atoms with Crippen LogP contribution in [-0.2, 0) is 4.79 Å². The van der Waals surface area contributed by atoms with Gasteiger partial charge in [-0.25, -0.2) is 0 Å². The number of amides is 1. The minimum atomic E-state index is -0.923. The van der Waals surface area contributed by atoms with Gasteiger partial charge in [-0.1, -0.05) is 6.07 Å². The number of carboxylic acid groups (broad SMARTS) is 1. The summed E-state index contributed by atoms with van der Waals surface area (Å²) in [6.07, 6.45) is 1.81. The van der Waals surface area contributed by atoms with Gasteiger partial charge in [-0.3, -0.25) is 9.59 Å². The lowest BCUT2D eigenvalue weighted by Crippen LogP contribution is -2.40. The second-order valence-corrected chi connectivity index (χ2v) is 4.67. The number of hydrogen-bond acceptors (Lipinski definition) is 2. The maximum atomic E-state index is 12.0. The van der Waals surface area contributed by atoms with Gasteiger partial charge in [-0.05, 0) is 37.4 Å². The van der Waals surface area contributed by atoms with Crippen LogP contribution in [-0.4, -0.2) is 28.0 Å². The summed E-state index contributed by atoms with van der Waals surface area (Å²) in [5.41, 5.74) is 1.39. The van der Waals surface area contributed by atoms with Gasteiger partial charge >= 0.3 is 5.97 Å². The molecule has 0 aliphatic carbocycles. The number of benzene rings is 1. The van der Waals surface area contributed by atoms with Crippen LogP contribution in [0.15, 0.2) is 30.5 Å². The van der Waals surface area contributed by atoms with Crippen LogP contribution >= 0.6 is 0 Å². The van der Waals surface area contributed by atoms with Crippen LogP contribution in [0.2, 0.25) is 0 Å². The Hall–Kier alpha value is -2.30. The number of carbonyl (C=O) groups excluding carboxylic acids is 1. The summed E-state index contributed by atoms with van der Waals surface area (Å²) < 4.78 is 0. The number of hydrogen-bond donors (Lipinski definition) is 3. The van der Waals surface area contributed by atoms with Crippen molar-refractivity contribution in [1.82, 2.24) is 10.3 Å². The Morgan fingerprint density at radius 3 is 2.68 bits per heavy atom. The zero-order chi connectivity index (χ0) is 14.0. The molecule has 0 fully saturated rings. The van der Waals surface area contributed by atoms with E-state index >= 15 is 0 Å². The van der Waals surface area contributed by atoms with Crippen molar-refractivity contribution in [2.24, 2.45) is 5.92 Å². The van der Waals surface area contributed by atoms with E-state index in [1.807, 2.05) is 18.3 Å². The standard InChI is InChI=1S/C14H16N2O3/c1-8(14(18)19)9(2)16-13(17)11-4-3-10-5-6-15-12(10)7-11/h3-9,15H,1-2H3,(H,16,17)(H,18,19). The first-order valence-corrected chi connectivity index (χ1v) is 6.10. The normalized spacial score (nSPS) is 14.0. The van der Waals surface area contributed by atoms with Gasteiger partial charge in [0.15, 0.2) is 0 Å². The molecule has 1 aromatic carbocycles. The van der Waals surface area contributed by atoms with Gasteiger partial charge in [0, 0.05) is 23.3 Å². The molecular formula is C14H16N2O3. The molecule has 2 unspecified atom stereocenters. The summed E-state index contributed by atoms with van der Waals surface area (Å²) in [4.78, 5) is 25.9. The quantitative estimate of drug-likeness (QED) is 0.786. The molecule has 100 valence electrons. The number of nitrogens with one attached hydrogen (secondary N) is 2. The number of carboxylic acids is 1.